The van der Waals surface area contributed by atoms with Gasteiger partial charge in [-0.15, -0.1) is 0 Å². The Labute approximate surface area is 91.9 Å². The first kappa shape index (κ1) is 9.56. The van der Waals surface area contributed by atoms with E-state index in [0.717, 1.165) is 16.8 Å². The van der Waals surface area contributed by atoms with Crippen LogP contribution in [0.1, 0.15) is 5.56 Å². The van der Waals surface area contributed by atoms with Gasteiger partial charge in [-0.2, -0.15) is 5.10 Å². The van der Waals surface area contributed by atoms with Gasteiger partial charge in [-0.3, -0.25) is 5.10 Å². The molecule has 0 aliphatic carbocycles. The van der Waals surface area contributed by atoms with Gasteiger partial charge in [0.2, 0.25) is 0 Å². The van der Waals surface area contributed by atoms with Crippen molar-refractivity contribution in [3.63, 3.8) is 0 Å². The fourth-order valence-corrected chi connectivity index (χ4v) is 1.58. The Bertz CT molecular complexity index is 463. The van der Waals surface area contributed by atoms with Crippen LogP contribution >= 0.6 is 23.2 Å². The number of hydrogen-bond acceptors (Lipinski definition) is 1. The molecule has 0 saturated carbocycles. The predicted molar refractivity (Wildman–Crippen MR) is 58.8 cm³/mol. The van der Waals surface area contributed by atoms with Gasteiger partial charge >= 0.3 is 0 Å². The molecule has 0 bridgehead atoms. The molecule has 4 heteroatoms. The molecule has 2 aromatic rings. The highest BCUT2D eigenvalue weighted by atomic mass is 35.5. The molecule has 72 valence electrons. The largest absolute Gasteiger partial charge is 0.285 e. The van der Waals surface area contributed by atoms with Gasteiger partial charge in [0.05, 0.1) is 15.7 Å². The van der Waals surface area contributed by atoms with Crippen molar-refractivity contribution in [2.45, 2.75) is 6.92 Å². The Morgan fingerprint density at radius 3 is 2.57 bits per heavy atom. The van der Waals surface area contributed by atoms with E-state index < -0.39 is 0 Å². The van der Waals surface area contributed by atoms with Crippen molar-refractivity contribution in [1.29, 1.82) is 0 Å². The molecule has 1 N–H and O–H groups in total. The van der Waals surface area contributed by atoms with Crippen LogP contribution in [0.5, 0.6) is 0 Å². The van der Waals surface area contributed by atoms with E-state index in [1.54, 1.807) is 6.07 Å². The van der Waals surface area contributed by atoms with Crippen LogP contribution in [0.15, 0.2) is 24.4 Å². The van der Waals surface area contributed by atoms with E-state index in [4.69, 9.17) is 23.2 Å². The van der Waals surface area contributed by atoms with Crippen molar-refractivity contribution < 1.29 is 0 Å². The third kappa shape index (κ3) is 1.63. The lowest BCUT2D eigenvalue weighted by molar-refractivity contribution is 1.10. The van der Waals surface area contributed by atoms with Gasteiger partial charge in [0, 0.05) is 11.8 Å². The summed E-state index contributed by atoms with van der Waals surface area (Å²) in [7, 11) is 0. The summed E-state index contributed by atoms with van der Waals surface area (Å²) < 4.78 is 0. The first-order valence-corrected chi connectivity index (χ1v) is 4.90. The van der Waals surface area contributed by atoms with Crippen LogP contribution in [0.25, 0.3) is 11.3 Å². The molecule has 2 rings (SSSR count). The van der Waals surface area contributed by atoms with Gasteiger partial charge in [0.1, 0.15) is 0 Å². The number of benzene rings is 1. The molecule has 0 unspecified atom stereocenters. The number of halogens is 2. The summed E-state index contributed by atoms with van der Waals surface area (Å²) in [5.41, 5.74) is 2.96. The Morgan fingerprint density at radius 1 is 1.21 bits per heavy atom. The number of hydrogen-bond donors (Lipinski definition) is 1. The molecule has 0 atom stereocenters. The van der Waals surface area contributed by atoms with Gasteiger partial charge in [-0.1, -0.05) is 29.3 Å². The van der Waals surface area contributed by atoms with Crippen LogP contribution in [-0.4, -0.2) is 10.2 Å². The van der Waals surface area contributed by atoms with Gasteiger partial charge < -0.3 is 0 Å². The third-order valence-corrected chi connectivity index (χ3v) is 2.76. The average molecular weight is 227 g/mol. The van der Waals surface area contributed by atoms with Crippen LogP contribution in [0, 0.1) is 6.92 Å². The zero-order chi connectivity index (χ0) is 10.1. The predicted octanol–water partition coefficient (Wildman–Crippen LogP) is 3.69. The van der Waals surface area contributed by atoms with E-state index in [2.05, 4.69) is 10.2 Å². The molecule has 0 radical (unpaired) electrons. The number of nitrogens with one attached hydrogen (secondary N) is 1. The molecule has 1 heterocycles. The Kier molecular flexibility index (Phi) is 2.48. The van der Waals surface area contributed by atoms with Gasteiger partial charge in [-0.05, 0) is 24.6 Å². The van der Waals surface area contributed by atoms with Crippen molar-refractivity contribution in [3.05, 3.63) is 40.0 Å². The zero-order valence-corrected chi connectivity index (χ0v) is 9.02. The summed E-state index contributed by atoms with van der Waals surface area (Å²) in [6, 6.07) is 5.48. The molecule has 14 heavy (non-hydrogen) atoms. The number of nitrogens with zero attached hydrogens (tertiary/aromatic N) is 1. The number of H-pyrrole nitrogens is 1. The molecule has 1 aromatic carbocycles. The molecular formula is C10H8Cl2N2. The third-order valence-electron chi connectivity index (χ3n) is 2.02. The normalized spacial score (nSPS) is 10.5. The van der Waals surface area contributed by atoms with E-state index >= 15 is 0 Å². The fraction of sp³-hybridized carbons (Fsp3) is 0.100. The maximum absolute atomic E-state index is 5.91. The highest BCUT2D eigenvalue weighted by Crippen LogP contribution is 2.28. The monoisotopic (exact) mass is 226 g/mol. The molecule has 2 nitrogen and oxygen atoms in total. The Balaban J connectivity index is 2.53. The Hall–Kier alpha value is -0.990. The number of aryl methyl sites for hydroxylation is 1. The standard InChI is InChI=1S/C10H8Cl2N2/c1-6-5-13-14-10(6)7-2-3-8(11)9(12)4-7/h2-5H,1H3,(H,13,14). The van der Waals surface area contributed by atoms with Crippen molar-refractivity contribution in [1.82, 2.24) is 10.2 Å². The van der Waals surface area contributed by atoms with E-state index in [1.165, 1.54) is 0 Å². The molecule has 1 aromatic heterocycles. The first-order valence-electron chi connectivity index (χ1n) is 4.14. The second-order valence-corrected chi connectivity index (χ2v) is 3.86. The average Bonchev–Trinajstić information content (AvgIpc) is 2.57. The smallest absolute Gasteiger partial charge is 0.0950 e. The van der Waals surface area contributed by atoms with E-state index in [9.17, 15) is 0 Å². The quantitative estimate of drug-likeness (QED) is 0.790. The molecule has 0 spiro atoms. The van der Waals surface area contributed by atoms with Crippen LogP contribution in [0.2, 0.25) is 10.0 Å². The van der Waals surface area contributed by atoms with E-state index in [0.29, 0.717) is 10.0 Å². The lowest BCUT2D eigenvalue weighted by atomic mass is 10.1. The minimum Gasteiger partial charge on any atom is -0.285 e. The van der Waals surface area contributed by atoms with Crippen molar-refractivity contribution in [2.24, 2.45) is 0 Å². The minimum absolute atomic E-state index is 0.548. The van der Waals surface area contributed by atoms with Crippen LogP contribution in [0.3, 0.4) is 0 Å². The topological polar surface area (TPSA) is 28.7 Å². The Morgan fingerprint density at radius 2 is 2.00 bits per heavy atom. The lowest BCUT2D eigenvalue weighted by Gasteiger charge is -2.00. The summed E-state index contributed by atoms with van der Waals surface area (Å²) in [5, 5.41) is 8.04. The molecule has 0 aliphatic heterocycles. The summed E-state index contributed by atoms with van der Waals surface area (Å²) in [6.45, 7) is 1.99. The highest BCUT2D eigenvalue weighted by molar-refractivity contribution is 6.42. The van der Waals surface area contributed by atoms with Gasteiger partial charge in [0.15, 0.2) is 0 Å². The maximum Gasteiger partial charge on any atom is 0.0950 e. The van der Waals surface area contributed by atoms with Crippen LogP contribution < -0.4 is 0 Å². The summed E-state index contributed by atoms with van der Waals surface area (Å²) in [5.74, 6) is 0. The van der Waals surface area contributed by atoms with Crippen LogP contribution in [-0.2, 0) is 0 Å². The molecule has 0 amide bonds. The van der Waals surface area contributed by atoms with Crippen LogP contribution in [0.4, 0.5) is 0 Å². The fourth-order valence-electron chi connectivity index (χ4n) is 1.29. The van der Waals surface area contributed by atoms with E-state index in [-0.39, 0.29) is 0 Å². The molecule has 0 saturated heterocycles. The second-order valence-electron chi connectivity index (χ2n) is 3.05. The molecular weight excluding hydrogens is 219 g/mol. The van der Waals surface area contributed by atoms with Gasteiger partial charge in [-0.25, -0.2) is 0 Å². The summed E-state index contributed by atoms with van der Waals surface area (Å²) in [6.07, 6.45) is 1.85. The van der Waals surface area contributed by atoms with Crippen molar-refractivity contribution in [3.8, 4) is 11.3 Å². The SMILES string of the molecule is Cc1c[nH]nc1-c1ccc(Cl)c(Cl)c1. The first-order chi connectivity index (χ1) is 6.68. The molecule has 0 aliphatic rings. The number of aromatic amines is 1. The highest BCUT2D eigenvalue weighted by Gasteiger charge is 2.06. The number of aromatic nitrogens is 2. The summed E-state index contributed by atoms with van der Waals surface area (Å²) >= 11 is 11.7. The zero-order valence-electron chi connectivity index (χ0n) is 7.51. The minimum atomic E-state index is 0.548. The lowest BCUT2D eigenvalue weighted by Crippen LogP contribution is -1.81. The van der Waals surface area contributed by atoms with Crippen molar-refractivity contribution >= 4 is 23.2 Å². The van der Waals surface area contributed by atoms with E-state index in [1.807, 2.05) is 25.3 Å². The number of rotatable bonds is 1. The summed E-state index contributed by atoms with van der Waals surface area (Å²) in [4.78, 5) is 0. The molecule has 0 fully saturated rings. The van der Waals surface area contributed by atoms with Gasteiger partial charge in [0.25, 0.3) is 0 Å². The maximum atomic E-state index is 5.91. The second kappa shape index (κ2) is 3.64. The van der Waals surface area contributed by atoms with Crippen molar-refractivity contribution in [2.75, 3.05) is 0 Å².